The van der Waals surface area contributed by atoms with Crippen LogP contribution in [0.1, 0.15) is 25.7 Å². The quantitative estimate of drug-likeness (QED) is 0.516. The largest absolute Gasteiger partial charge is 0.303 e. The molecule has 2 amide bonds. The van der Waals surface area contributed by atoms with Crippen LogP contribution in [0.2, 0.25) is 0 Å². The lowest BCUT2D eigenvalue weighted by Gasteiger charge is -2.36. The smallest absolute Gasteiger partial charge is 0.243 e. The molecule has 2 rings (SSSR count). The maximum absolute atomic E-state index is 11.6. The van der Waals surface area contributed by atoms with Crippen LogP contribution in [0.15, 0.2) is 0 Å². The Bertz CT molecular complexity index is 308. The predicted molar refractivity (Wildman–Crippen MR) is 56.5 cm³/mol. The number of nitrogens with one attached hydrogen (secondary N) is 1. The van der Waals surface area contributed by atoms with Crippen LogP contribution in [0.5, 0.6) is 0 Å². The molecule has 0 spiro atoms. The van der Waals surface area contributed by atoms with Gasteiger partial charge in [-0.05, 0) is 32.4 Å². The molecule has 5 heteroatoms. The number of amides is 2. The summed E-state index contributed by atoms with van der Waals surface area (Å²) in [6.45, 7) is 1.55. The van der Waals surface area contributed by atoms with Crippen molar-refractivity contribution < 1.29 is 14.4 Å². The summed E-state index contributed by atoms with van der Waals surface area (Å²) in [4.78, 5) is 35.3. The van der Waals surface area contributed by atoms with Gasteiger partial charge in [0.25, 0.3) is 0 Å². The van der Waals surface area contributed by atoms with Crippen molar-refractivity contribution in [2.75, 3.05) is 13.1 Å². The second kappa shape index (κ2) is 4.74. The highest BCUT2D eigenvalue weighted by molar-refractivity contribution is 6.00. The molecule has 0 aromatic carbocycles. The molecular weight excluding hydrogens is 208 g/mol. The lowest BCUT2D eigenvalue weighted by Crippen LogP contribution is -2.54. The second-order valence-corrected chi connectivity index (χ2v) is 4.48. The van der Waals surface area contributed by atoms with Gasteiger partial charge >= 0.3 is 0 Å². The minimum absolute atomic E-state index is 0.143. The molecule has 88 valence electrons. The summed E-state index contributed by atoms with van der Waals surface area (Å²) in [6, 6.07) is -0.176. The summed E-state index contributed by atoms with van der Waals surface area (Å²) >= 11 is 0. The van der Waals surface area contributed by atoms with E-state index in [-0.39, 0.29) is 23.8 Å². The number of hydrogen-bond donors (Lipinski definition) is 1. The first-order valence-corrected chi connectivity index (χ1v) is 5.73. The summed E-state index contributed by atoms with van der Waals surface area (Å²) in [6.07, 6.45) is 3.67. The second-order valence-electron chi connectivity index (χ2n) is 4.48. The molecule has 0 radical (unpaired) electrons. The van der Waals surface area contributed by atoms with Gasteiger partial charge in [0, 0.05) is 12.3 Å². The molecule has 1 atom stereocenters. The summed E-state index contributed by atoms with van der Waals surface area (Å²) in [5.74, 6) is -0.214. The van der Waals surface area contributed by atoms with Crippen LogP contribution in [0.3, 0.4) is 0 Å². The fourth-order valence-corrected chi connectivity index (χ4v) is 2.40. The molecule has 0 aromatic rings. The standard InChI is InChI=1S/C11H16N2O3/c14-7-8-3-5-13(6-4-8)9-1-2-10(15)12-11(9)16/h7-9H,1-6H2,(H,12,15,16). The molecule has 5 nitrogen and oxygen atoms in total. The number of carbonyl (C=O) groups excluding carboxylic acids is 3. The third kappa shape index (κ3) is 2.29. The van der Waals surface area contributed by atoms with Gasteiger partial charge in [-0.3, -0.25) is 19.8 Å². The van der Waals surface area contributed by atoms with Crippen molar-refractivity contribution in [1.29, 1.82) is 0 Å². The van der Waals surface area contributed by atoms with Gasteiger partial charge in [-0.2, -0.15) is 0 Å². The molecule has 0 bridgehead atoms. The molecule has 2 saturated heterocycles. The van der Waals surface area contributed by atoms with Gasteiger partial charge in [0.15, 0.2) is 0 Å². The van der Waals surface area contributed by atoms with E-state index in [2.05, 4.69) is 10.2 Å². The molecule has 2 aliphatic heterocycles. The van der Waals surface area contributed by atoms with Gasteiger partial charge in [-0.15, -0.1) is 0 Å². The lowest BCUT2D eigenvalue weighted by atomic mass is 9.95. The van der Waals surface area contributed by atoms with Crippen LogP contribution in [0.4, 0.5) is 0 Å². The first-order valence-electron chi connectivity index (χ1n) is 5.73. The van der Waals surface area contributed by atoms with E-state index in [1.54, 1.807) is 0 Å². The first kappa shape index (κ1) is 11.3. The Morgan fingerprint density at radius 3 is 2.44 bits per heavy atom. The molecule has 1 unspecified atom stereocenters. The fourth-order valence-electron chi connectivity index (χ4n) is 2.40. The van der Waals surface area contributed by atoms with Gasteiger partial charge in [0.05, 0.1) is 6.04 Å². The first-order chi connectivity index (χ1) is 7.70. The average molecular weight is 224 g/mol. The third-order valence-electron chi connectivity index (χ3n) is 3.42. The van der Waals surface area contributed by atoms with Gasteiger partial charge < -0.3 is 4.79 Å². The van der Waals surface area contributed by atoms with Crippen LogP contribution < -0.4 is 5.32 Å². The molecule has 1 N–H and O–H groups in total. The third-order valence-corrected chi connectivity index (χ3v) is 3.42. The Morgan fingerprint density at radius 1 is 1.19 bits per heavy atom. The topological polar surface area (TPSA) is 66.5 Å². The van der Waals surface area contributed by atoms with E-state index >= 15 is 0 Å². The maximum Gasteiger partial charge on any atom is 0.243 e. The van der Waals surface area contributed by atoms with Crippen molar-refractivity contribution >= 4 is 18.1 Å². The maximum atomic E-state index is 11.6. The molecule has 2 fully saturated rings. The number of carbonyl (C=O) groups is 3. The zero-order chi connectivity index (χ0) is 11.5. The van der Waals surface area contributed by atoms with Crippen LogP contribution in [-0.4, -0.2) is 42.1 Å². The van der Waals surface area contributed by atoms with Crippen LogP contribution >= 0.6 is 0 Å². The van der Waals surface area contributed by atoms with E-state index < -0.39 is 0 Å². The number of piperidine rings is 2. The summed E-state index contributed by atoms with van der Waals surface area (Å²) in [5.41, 5.74) is 0. The van der Waals surface area contributed by atoms with Crippen molar-refractivity contribution in [1.82, 2.24) is 10.2 Å². The normalized spacial score (nSPS) is 28.9. The van der Waals surface area contributed by atoms with E-state index in [0.29, 0.717) is 12.8 Å². The minimum atomic E-state index is -0.180. The molecule has 16 heavy (non-hydrogen) atoms. The van der Waals surface area contributed by atoms with Crippen molar-refractivity contribution in [2.45, 2.75) is 31.7 Å². The van der Waals surface area contributed by atoms with E-state index in [0.717, 1.165) is 32.2 Å². The molecule has 0 saturated carbocycles. The molecule has 0 aliphatic carbocycles. The highest BCUT2D eigenvalue weighted by atomic mass is 16.2. The molecule has 0 aromatic heterocycles. The van der Waals surface area contributed by atoms with Crippen molar-refractivity contribution in [3.63, 3.8) is 0 Å². The number of likely N-dealkylation sites (tertiary alicyclic amines) is 1. The number of rotatable bonds is 2. The van der Waals surface area contributed by atoms with Crippen molar-refractivity contribution in [3.05, 3.63) is 0 Å². The SMILES string of the molecule is O=CC1CCN(C2CCC(=O)NC2=O)CC1. The summed E-state index contributed by atoms with van der Waals surface area (Å²) < 4.78 is 0. The van der Waals surface area contributed by atoms with Crippen LogP contribution in [0, 0.1) is 5.92 Å². The predicted octanol–water partition coefficient (Wildman–Crippen LogP) is -0.298. The Balaban J connectivity index is 1.91. The van der Waals surface area contributed by atoms with Gasteiger partial charge in [-0.25, -0.2) is 0 Å². The monoisotopic (exact) mass is 224 g/mol. The molecular formula is C11H16N2O3. The van der Waals surface area contributed by atoms with Crippen LogP contribution in [-0.2, 0) is 14.4 Å². The van der Waals surface area contributed by atoms with Crippen molar-refractivity contribution in [3.8, 4) is 0 Å². The number of aldehydes is 1. The zero-order valence-electron chi connectivity index (χ0n) is 9.15. The van der Waals surface area contributed by atoms with E-state index in [9.17, 15) is 14.4 Å². The Morgan fingerprint density at radius 2 is 1.88 bits per heavy atom. The summed E-state index contributed by atoms with van der Waals surface area (Å²) in [5, 5.41) is 2.36. The van der Waals surface area contributed by atoms with E-state index in [4.69, 9.17) is 0 Å². The Kier molecular flexibility index (Phi) is 3.33. The lowest BCUT2D eigenvalue weighted by molar-refractivity contribution is -0.138. The highest BCUT2D eigenvalue weighted by Crippen LogP contribution is 2.20. The average Bonchev–Trinajstić information content (AvgIpc) is 2.29. The minimum Gasteiger partial charge on any atom is -0.303 e. The summed E-state index contributed by atoms with van der Waals surface area (Å²) in [7, 11) is 0. The Labute approximate surface area is 94.2 Å². The Hall–Kier alpha value is -1.23. The van der Waals surface area contributed by atoms with E-state index in [1.165, 1.54) is 0 Å². The molecule has 2 heterocycles. The zero-order valence-corrected chi connectivity index (χ0v) is 9.15. The number of imide groups is 1. The number of hydrogen-bond acceptors (Lipinski definition) is 4. The van der Waals surface area contributed by atoms with Gasteiger partial charge in [0.1, 0.15) is 6.29 Å². The van der Waals surface area contributed by atoms with E-state index in [1.807, 2.05) is 0 Å². The fraction of sp³-hybridized carbons (Fsp3) is 0.727. The van der Waals surface area contributed by atoms with Gasteiger partial charge in [0.2, 0.25) is 11.8 Å². The highest BCUT2D eigenvalue weighted by Gasteiger charge is 2.33. The number of nitrogens with zero attached hydrogens (tertiary/aromatic N) is 1. The molecule has 2 aliphatic rings. The van der Waals surface area contributed by atoms with Crippen molar-refractivity contribution in [2.24, 2.45) is 5.92 Å². The van der Waals surface area contributed by atoms with Gasteiger partial charge in [-0.1, -0.05) is 0 Å². The van der Waals surface area contributed by atoms with Crippen LogP contribution in [0.25, 0.3) is 0 Å².